The summed E-state index contributed by atoms with van der Waals surface area (Å²) in [5, 5.41) is 1.47. The van der Waals surface area contributed by atoms with E-state index in [0.717, 1.165) is 18.2 Å². The summed E-state index contributed by atoms with van der Waals surface area (Å²) >= 11 is 6.12. The van der Waals surface area contributed by atoms with E-state index < -0.39 is 5.76 Å². The molecular weight excluding hydrogens is 390 g/mol. The molecular formula is C22H18ClN3O3. The Hall–Kier alpha value is -3.12. The van der Waals surface area contributed by atoms with Crippen LogP contribution in [0.4, 0.5) is 0 Å². The summed E-state index contributed by atoms with van der Waals surface area (Å²) in [6, 6.07) is 14.4. The highest BCUT2D eigenvalue weighted by Gasteiger charge is 2.29. The Morgan fingerprint density at radius 2 is 2.03 bits per heavy atom. The minimum absolute atomic E-state index is 0.0714. The van der Waals surface area contributed by atoms with Gasteiger partial charge in [-0.15, -0.1) is 0 Å². The molecule has 2 aromatic heterocycles. The Morgan fingerprint density at radius 1 is 1.17 bits per heavy atom. The molecule has 0 bridgehead atoms. The van der Waals surface area contributed by atoms with E-state index in [2.05, 4.69) is 4.98 Å². The Bertz CT molecular complexity index is 1290. The molecule has 0 saturated carbocycles. The van der Waals surface area contributed by atoms with Crippen LogP contribution in [-0.4, -0.2) is 33.4 Å². The normalized spacial score (nSPS) is 17.1. The fourth-order valence-corrected chi connectivity index (χ4v) is 4.32. The predicted molar refractivity (Wildman–Crippen MR) is 111 cm³/mol. The quantitative estimate of drug-likeness (QED) is 0.497. The zero-order valence-corrected chi connectivity index (χ0v) is 16.3. The maximum atomic E-state index is 13.3. The number of likely N-dealkylation sites (tertiary alicyclic amines) is 1. The van der Waals surface area contributed by atoms with Gasteiger partial charge >= 0.3 is 5.76 Å². The lowest BCUT2D eigenvalue weighted by Crippen LogP contribution is -2.42. The van der Waals surface area contributed by atoms with Gasteiger partial charge in [-0.1, -0.05) is 29.8 Å². The third-order valence-electron chi connectivity index (χ3n) is 5.49. The average Bonchev–Trinajstić information content (AvgIpc) is 3.07. The number of rotatable bonds is 2. The highest BCUT2D eigenvalue weighted by molar-refractivity contribution is 6.31. The van der Waals surface area contributed by atoms with Crippen molar-refractivity contribution in [3.05, 3.63) is 75.9 Å². The fourth-order valence-electron chi connectivity index (χ4n) is 4.15. The number of carbonyl (C=O) groups excluding carboxylic acids is 1. The summed E-state index contributed by atoms with van der Waals surface area (Å²) in [6.45, 7) is 1.08. The lowest BCUT2D eigenvalue weighted by molar-refractivity contribution is 0.0679. The van der Waals surface area contributed by atoms with Crippen molar-refractivity contribution in [2.24, 2.45) is 0 Å². The molecule has 1 aliphatic rings. The molecule has 2 aromatic carbocycles. The lowest BCUT2D eigenvalue weighted by Gasteiger charge is -2.33. The summed E-state index contributed by atoms with van der Waals surface area (Å²) in [4.78, 5) is 32.0. The van der Waals surface area contributed by atoms with E-state index in [9.17, 15) is 9.59 Å². The Labute approximate surface area is 171 Å². The molecule has 0 N–H and O–H groups in total. The number of amides is 1. The second kappa shape index (κ2) is 7.04. The van der Waals surface area contributed by atoms with Crippen molar-refractivity contribution in [1.29, 1.82) is 0 Å². The largest absolute Gasteiger partial charge is 0.420 e. The number of nitrogens with zero attached hydrogens (tertiary/aromatic N) is 3. The number of hydrogen-bond donors (Lipinski definition) is 0. The summed E-state index contributed by atoms with van der Waals surface area (Å²) in [6.07, 6.45) is 3.28. The number of pyridine rings is 1. The van der Waals surface area contributed by atoms with Gasteiger partial charge in [0.1, 0.15) is 0 Å². The first-order valence-corrected chi connectivity index (χ1v) is 9.93. The minimum Gasteiger partial charge on any atom is -0.408 e. The Morgan fingerprint density at radius 3 is 2.93 bits per heavy atom. The third kappa shape index (κ3) is 3.09. The van der Waals surface area contributed by atoms with Crippen LogP contribution in [0, 0.1) is 0 Å². The molecule has 1 saturated heterocycles. The van der Waals surface area contributed by atoms with E-state index in [0.29, 0.717) is 40.3 Å². The zero-order valence-electron chi connectivity index (χ0n) is 15.5. The number of oxazole rings is 1. The molecule has 1 fully saturated rings. The van der Waals surface area contributed by atoms with Crippen LogP contribution in [0.15, 0.2) is 63.9 Å². The lowest BCUT2D eigenvalue weighted by atomic mass is 10.0. The average molecular weight is 408 g/mol. The van der Waals surface area contributed by atoms with Crippen LogP contribution in [0.3, 0.4) is 0 Å². The van der Waals surface area contributed by atoms with Gasteiger partial charge in [0.2, 0.25) is 0 Å². The number of carbonyl (C=O) groups is 1. The van der Waals surface area contributed by atoms with Crippen LogP contribution >= 0.6 is 11.6 Å². The van der Waals surface area contributed by atoms with Gasteiger partial charge in [-0.05, 0) is 43.2 Å². The van der Waals surface area contributed by atoms with Crippen LogP contribution in [0.2, 0.25) is 5.02 Å². The zero-order chi connectivity index (χ0) is 20.0. The van der Waals surface area contributed by atoms with Crippen LogP contribution in [-0.2, 0) is 0 Å². The van der Waals surface area contributed by atoms with Crippen LogP contribution < -0.4 is 5.76 Å². The SMILES string of the molecule is O=C(c1cccc2cccnc12)N1CCC[C@H](n2c(=O)oc3ccc(Cl)cc32)C1. The van der Waals surface area contributed by atoms with Crippen molar-refractivity contribution in [2.45, 2.75) is 18.9 Å². The highest BCUT2D eigenvalue weighted by atomic mass is 35.5. The Balaban J connectivity index is 1.50. The molecule has 0 aliphatic carbocycles. The smallest absolute Gasteiger partial charge is 0.408 e. The molecule has 7 heteroatoms. The van der Waals surface area contributed by atoms with Crippen LogP contribution in [0.5, 0.6) is 0 Å². The molecule has 0 spiro atoms. The van der Waals surface area contributed by atoms with E-state index in [1.807, 2.05) is 24.3 Å². The van der Waals surface area contributed by atoms with E-state index >= 15 is 0 Å². The third-order valence-corrected chi connectivity index (χ3v) is 5.72. The maximum Gasteiger partial charge on any atom is 0.420 e. The molecule has 1 amide bonds. The number of para-hydroxylation sites is 1. The second-order valence-electron chi connectivity index (χ2n) is 7.28. The van der Waals surface area contributed by atoms with Gasteiger partial charge in [-0.2, -0.15) is 0 Å². The second-order valence-corrected chi connectivity index (χ2v) is 7.71. The monoisotopic (exact) mass is 407 g/mol. The summed E-state index contributed by atoms with van der Waals surface area (Å²) < 4.78 is 7.01. The van der Waals surface area contributed by atoms with Gasteiger partial charge < -0.3 is 9.32 Å². The fraction of sp³-hybridized carbons (Fsp3) is 0.227. The maximum absolute atomic E-state index is 13.3. The topological polar surface area (TPSA) is 68.3 Å². The van der Waals surface area contributed by atoms with Gasteiger partial charge in [0.15, 0.2) is 5.58 Å². The number of fused-ring (bicyclic) bond motifs is 2. The van der Waals surface area contributed by atoms with Crippen molar-refractivity contribution < 1.29 is 9.21 Å². The molecule has 3 heterocycles. The molecule has 4 aromatic rings. The van der Waals surface area contributed by atoms with Crippen molar-refractivity contribution >= 4 is 39.5 Å². The number of halogens is 1. The Kier molecular flexibility index (Phi) is 4.36. The standard InChI is InChI=1S/C22H18ClN3O3/c23-15-8-9-19-18(12-15)26(22(28)29-19)16-6-3-11-25(13-16)21(27)17-7-1-4-14-5-2-10-24-20(14)17/h1-2,4-5,7-10,12,16H,3,6,11,13H2/t16-/m0/s1. The van der Waals surface area contributed by atoms with Gasteiger partial charge in [-0.3, -0.25) is 14.3 Å². The molecule has 0 radical (unpaired) electrons. The van der Waals surface area contributed by atoms with Crippen LogP contribution in [0.25, 0.3) is 22.0 Å². The number of piperidine rings is 1. The van der Waals surface area contributed by atoms with Crippen molar-refractivity contribution in [3.8, 4) is 0 Å². The van der Waals surface area contributed by atoms with Gasteiger partial charge in [0, 0.05) is 29.7 Å². The molecule has 5 rings (SSSR count). The van der Waals surface area contributed by atoms with Gasteiger partial charge in [-0.25, -0.2) is 4.79 Å². The van der Waals surface area contributed by atoms with Crippen molar-refractivity contribution in [2.75, 3.05) is 13.1 Å². The van der Waals surface area contributed by atoms with Gasteiger partial charge in [0.05, 0.1) is 22.6 Å². The van der Waals surface area contributed by atoms with E-state index in [1.54, 1.807) is 39.9 Å². The molecule has 29 heavy (non-hydrogen) atoms. The van der Waals surface area contributed by atoms with Crippen molar-refractivity contribution in [3.63, 3.8) is 0 Å². The van der Waals surface area contributed by atoms with Crippen LogP contribution in [0.1, 0.15) is 29.2 Å². The summed E-state index contributed by atoms with van der Waals surface area (Å²) in [7, 11) is 0. The molecule has 1 aliphatic heterocycles. The summed E-state index contributed by atoms with van der Waals surface area (Å²) in [5.41, 5.74) is 2.44. The van der Waals surface area contributed by atoms with E-state index in [-0.39, 0.29) is 11.9 Å². The molecule has 6 nitrogen and oxygen atoms in total. The number of benzene rings is 2. The minimum atomic E-state index is -0.423. The highest BCUT2D eigenvalue weighted by Crippen LogP contribution is 2.28. The number of hydrogen-bond acceptors (Lipinski definition) is 4. The first-order chi connectivity index (χ1) is 14.1. The number of aromatic nitrogens is 2. The van der Waals surface area contributed by atoms with Gasteiger partial charge in [0.25, 0.3) is 5.91 Å². The molecule has 0 unspecified atom stereocenters. The summed E-state index contributed by atoms with van der Waals surface area (Å²) in [5.74, 6) is -0.494. The van der Waals surface area contributed by atoms with E-state index in [4.69, 9.17) is 16.0 Å². The molecule has 146 valence electrons. The molecule has 1 atom stereocenters. The van der Waals surface area contributed by atoms with Crippen molar-refractivity contribution in [1.82, 2.24) is 14.5 Å². The van der Waals surface area contributed by atoms with E-state index in [1.165, 1.54) is 0 Å². The first-order valence-electron chi connectivity index (χ1n) is 9.55. The first kappa shape index (κ1) is 17.9. The predicted octanol–water partition coefficient (Wildman–Crippen LogP) is 4.27.